The second kappa shape index (κ2) is 6.06. The molecule has 21 heavy (non-hydrogen) atoms. The summed E-state index contributed by atoms with van der Waals surface area (Å²) in [5.41, 5.74) is 2.27. The number of hydrogen-bond donors (Lipinski definition) is 1. The minimum atomic E-state index is 0.596. The lowest BCUT2D eigenvalue weighted by atomic mass is 10.2. The van der Waals surface area contributed by atoms with E-state index in [1.807, 2.05) is 31.2 Å². The Bertz CT molecular complexity index is 763. The molecule has 3 aromatic rings. The molecule has 5 nitrogen and oxygen atoms in total. The number of aromatic nitrogens is 4. The predicted molar refractivity (Wildman–Crippen MR) is 80.7 cm³/mol. The van der Waals surface area contributed by atoms with Gasteiger partial charge in [-0.3, -0.25) is 0 Å². The quantitative estimate of drug-likeness (QED) is 0.589. The van der Waals surface area contributed by atoms with Crippen molar-refractivity contribution in [2.75, 3.05) is 6.61 Å². The minimum Gasteiger partial charge on any atom is -0.493 e. The third-order valence-electron chi connectivity index (χ3n) is 2.93. The lowest BCUT2D eigenvalue weighted by Crippen LogP contribution is -1.95. The number of fused-ring (bicyclic) bond motifs is 1. The van der Waals surface area contributed by atoms with E-state index in [0.717, 1.165) is 23.6 Å². The minimum absolute atomic E-state index is 0.596. The lowest BCUT2D eigenvalue weighted by molar-refractivity contribution is 0.327. The maximum absolute atomic E-state index is 5.60. The van der Waals surface area contributed by atoms with Crippen LogP contribution in [0, 0.1) is 11.8 Å². The Kier molecular flexibility index (Phi) is 3.79. The van der Waals surface area contributed by atoms with Gasteiger partial charge in [-0.05, 0) is 31.2 Å². The predicted octanol–water partition coefficient (Wildman–Crippen LogP) is 2.81. The summed E-state index contributed by atoms with van der Waals surface area (Å²) in [5.74, 6) is 7.38. The number of hydrogen-bond acceptors (Lipinski definition) is 4. The van der Waals surface area contributed by atoms with Crippen molar-refractivity contribution in [3.63, 3.8) is 0 Å². The average Bonchev–Trinajstić information content (AvgIpc) is 2.96. The number of aromatic amines is 1. The molecule has 0 bridgehead atoms. The fourth-order valence-electron chi connectivity index (χ4n) is 1.94. The smallest absolute Gasteiger partial charge is 0.197 e. The van der Waals surface area contributed by atoms with Crippen LogP contribution >= 0.6 is 0 Å². The highest BCUT2D eigenvalue weighted by molar-refractivity contribution is 5.71. The van der Waals surface area contributed by atoms with Gasteiger partial charge in [0.2, 0.25) is 0 Å². The van der Waals surface area contributed by atoms with Crippen LogP contribution in [0.25, 0.3) is 22.7 Å². The first-order valence-electron chi connectivity index (χ1n) is 6.66. The van der Waals surface area contributed by atoms with E-state index in [-0.39, 0.29) is 0 Å². The number of rotatable bonds is 4. The first-order valence-corrected chi connectivity index (χ1v) is 6.66. The Morgan fingerprint density at radius 2 is 1.95 bits per heavy atom. The summed E-state index contributed by atoms with van der Waals surface area (Å²) in [6, 6.07) is 7.75. The molecule has 0 unspecified atom stereocenters. The Hall–Kier alpha value is -2.87. The molecule has 0 spiro atoms. The summed E-state index contributed by atoms with van der Waals surface area (Å²) in [7, 11) is 0. The van der Waals surface area contributed by atoms with Crippen LogP contribution in [0.4, 0.5) is 0 Å². The standard InChI is InChI=1S/C16H14N4O/c1-2-3-4-11-21-13-7-5-12(6-8-13)14-19-15-16(20-14)18-10-9-17-15/h5-10H,4,11H2,1H3,(H,17,18,19,20). The summed E-state index contributed by atoms with van der Waals surface area (Å²) in [5, 5.41) is 0. The van der Waals surface area contributed by atoms with Crippen LogP contribution < -0.4 is 4.74 Å². The molecule has 2 aromatic heterocycles. The van der Waals surface area contributed by atoms with E-state index in [4.69, 9.17) is 4.74 Å². The van der Waals surface area contributed by atoms with Crippen molar-refractivity contribution in [2.24, 2.45) is 0 Å². The molecular weight excluding hydrogens is 264 g/mol. The van der Waals surface area contributed by atoms with Gasteiger partial charge in [0.15, 0.2) is 11.3 Å². The average molecular weight is 278 g/mol. The molecule has 0 saturated heterocycles. The molecule has 0 aliphatic carbocycles. The first-order chi connectivity index (χ1) is 10.4. The number of nitrogens with zero attached hydrogens (tertiary/aromatic N) is 3. The molecule has 0 fully saturated rings. The van der Waals surface area contributed by atoms with Crippen LogP contribution in [-0.4, -0.2) is 26.5 Å². The van der Waals surface area contributed by atoms with Crippen molar-refractivity contribution in [3.05, 3.63) is 36.7 Å². The summed E-state index contributed by atoms with van der Waals surface area (Å²) in [6.07, 6.45) is 4.00. The third kappa shape index (κ3) is 3.00. The first kappa shape index (κ1) is 13.1. The number of imidazole rings is 1. The topological polar surface area (TPSA) is 63.7 Å². The van der Waals surface area contributed by atoms with Crippen LogP contribution in [0.3, 0.4) is 0 Å². The van der Waals surface area contributed by atoms with Crippen molar-refractivity contribution < 1.29 is 4.74 Å². The SMILES string of the molecule is CC#CCCOc1ccc(-c2nc3nccnc3[nH]2)cc1. The lowest BCUT2D eigenvalue weighted by Gasteiger charge is -2.04. The van der Waals surface area contributed by atoms with Gasteiger partial charge in [-0.25, -0.2) is 15.0 Å². The fourth-order valence-corrected chi connectivity index (χ4v) is 1.94. The van der Waals surface area contributed by atoms with Gasteiger partial charge in [0.25, 0.3) is 0 Å². The molecule has 0 saturated carbocycles. The molecule has 2 heterocycles. The molecule has 0 amide bonds. The molecule has 0 aliphatic heterocycles. The molecular formula is C16H14N4O. The van der Waals surface area contributed by atoms with E-state index in [9.17, 15) is 0 Å². The maximum Gasteiger partial charge on any atom is 0.197 e. The normalized spacial score (nSPS) is 10.1. The maximum atomic E-state index is 5.60. The zero-order chi connectivity index (χ0) is 14.5. The molecule has 3 rings (SSSR count). The second-order valence-corrected chi connectivity index (χ2v) is 4.36. The van der Waals surface area contributed by atoms with Crippen LogP contribution in [0.1, 0.15) is 13.3 Å². The van der Waals surface area contributed by atoms with Crippen LogP contribution in [0.5, 0.6) is 5.75 Å². The van der Waals surface area contributed by atoms with E-state index in [0.29, 0.717) is 17.9 Å². The molecule has 0 aliphatic rings. The van der Waals surface area contributed by atoms with Gasteiger partial charge in [0, 0.05) is 24.4 Å². The zero-order valence-corrected chi connectivity index (χ0v) is 11.6. The number of benzene rings is 1. The molecule has 5 heteroatoms. The molecule has 1 N–H and O–H groups in total. The molecule has 1 aromatic carbocycles. The van der Waals surface area contributed by atoms with E-state index >= 15 is 0 Å². The summed E-state index contributed by atoms with van der Waals surface area (Å²) in [6.45, 7) is 2.42. The van der Waals surface area contributed by atoms with E-state index in [1.54, 1.807) is 12.4 Å². The van der Waals surface area contributed by atoms with Crippen LogP contribution in [0.2, 0.25) is 0 Å². The van der Waals surface area contributed by atoms with E-state index < -0.39 is 0 Å². The van der Waals surface area contributed by atoms with Crippen molar-refractivity contribution in [2.45, 2.75) is 13.3 Å². The Labute approximate surface area is 122 Å². The second-order valence-electron chi connectivity index (χ2n) is 4.36. The monoisotopic (exact) mass is 278 g/mol. The highest BCUT2D eigenvalue weighted by Crippen LogP contribution is 2.21. The molecule has 104 valence electrons. The zero-order valence-electron chi connectivity index (χ0n) is 11.6. The molecule has 0 atom stereocenters. The van der Waals surface area contributed by atoms with Crippen molar-refractivity contribution in [3.8, 4) is 29.0 Å². The van der Waals surface area contributed by atoms with Gasteiger partial charge in [-0.1, -0.05) is 0 Å². The van der Waals surface area contributed by atoms with Gasteiger partial charge in [0.1, 0.15) is 11.6 Å². The van der Waals surface area contributed by atoms with Crippen molar-refractivity contribution >= 4 is 11.3 Å². The van der Waals surface area contributed by atoms with Crippen LogP contribution in [-0.2, 0) is 0 Å². The van der Waals surface area contributed by atoms with Gasteiger partial charge in [-0.2, -0.15) is 0 Å². The van der Waals surface area contributed by atoms with Crippen molar-refractivity contribution in [1.82, 2.24) is 19.9 Å². The van der Waals surface area contributed by atoms with E-state index in [1.165, 1.54) is 0 Å². The number of nitrogens with one attached hydrogen (secondary N) is 1. The molecule has 0 radical (unpaired) electrons. The largest absolute Gasteiger partial charge is 0.493 e. The van der Waals surface area contributed by atoms with Gasteiger partial charge >= 0.3 is 0 Å². The summed E-state index contributed by atoms with van der Waals surface area (Å²) >= 11 is 0. The Morgan fingerprint density at radius 3 is 2.71 bits per heavy atom. The summed E-state index contributed by atoms with van der Waals surface area (Å²) in [4.78, 5) is 15.9. The number of H-pyrrole nitrogens is 1. The van der Waals surface area contributed by atoms with Gasteiger partial charge < -0.3 is 9.72 Å². The summed E-state index contributed by atoms with van der Waals surface area (Å²) < 4.78 is 5.60. The fraction of sp³-hybridized carbons (Fsp3) is 0.188. The Morgan fingerprint density at radius 1 is 1.14 bits per heavy atom. The van der Waals surface area contributed by atoms with Gasteiger partial charge in [0.05, 0.1) is 6.61 Å². The van der Waals surface area contributed by atoms with Crippen molar-refractivity contribution in [1.29, 1.82) is 0 Å². The Balaban J connectivity index is 1.75. The highest BCUT2D eigenvalue weighted by Gasteiger charge is 2.06. The third-order valence-corrected chi connectivity index (χ3v) is 2.93. The number of ether oxygens (including phenoxy) is 1. The van der Waals surface area contributed by atoms with Gasteiger partial charge in [-0.15, -0.1) is 11.8 Å². The highest BCUT2D eigenvalue weighted by atomic mass is 16.5. The van der Waals surface area contributed by atoms with E-state index in [2.05, 4.69) is 31.8 Å². The van der Waals surface area contributed by atoms with Crippen LogP contribution in [0.15, 0.2) is 36.7 Å².